The largest absolute Gasteiger partial charge is 0.481 e. The molecule has 0 aromatic carbocycles. The van der Waals surface area contributed by atoms with Gasteiger partial charge in [-0.3, -0.25) is 4.79 Å². The number of carbonyl (C=O) groups is 1. The summed E-state index contributed by atoms with van der Waals surface area (Å²) in [5.41, 5.74) is 1.42. The van der Waals surface area contributed by atoms with Crippen LogP contribution < -0.4 is 0 Å². The molecule has 2 atom stereocenters. The summed E-state index contributed by atoms with van der Waals surface area (Å²) in [5, 5.41) is 10.7. The first-order valence-electron chi connectivity index (χ1n) is 10.4. The van der Waals surface area contributed by atoms with Crippen molar-refractivity contribution < 1.29 is 18.7 Å². The van der Waals surface area contributed by atoms with E-state index in [1.54, 1.807) is 10.8 Å². The van der Waals surface area contributed by atoms with Gasteiger partial charge < -0.3 is 14.7 Å². The summed E-state index contributed by atoms with van der Waals surface area (Å²) in [5.74, 6) is -1.78. The lowest BCUT2D eigenvalue weighted by Gasteiger charge is -2.47. The van der Waals surface area contributed by atoms with E-state index in [1.165, 1.54) is 18.5 Å². The molecule has 0 radical (unpaired) electrons. The molecule has 0 amide bonds. The Bertz CT molecular complexity index is 1340. The van der Waals surface area contributed by atoms with Crippen molar-refractivity contribution >= 4 is 28.0 Å². The molecule has 2 N–H and O–H groups in total. The predicted molar refractivity (Wildman–Crippen MR) is 108 cm³/mol. The van der Waals surface area contributed by atoms with Gasteiger partial charge in [0.2, 0.25) is 0 Å². The highest BCUT2D eigenvalue weighted by atomic mass is 19.1. The molecule has 2 bridgehead atoms. The average Bonchev–Trinajstić information content (AvgIpc) is 3.34. The van der Waals surface area contributed by atoms with Crippen LogP contribution in [-0.4, -0.2) is 35.6 Å². The van der Waals surface area contributed by atoms with Gasteiger partial charge in [-0.05, 0) is 43.6 Å². The van der Waals surface area contributed by atoms with Crippen molar-refractivity contribution in [3.8, 4) is 11.4 Å². The summed E-state index contributed by atoms with van der Waals surface area (Å²) >= 11 is 0. The Morgan fingerprint density at radius 1 is 1.10 bits per heavy atom. The number of aliphatic carboxylic acids is 1. The van der Waals surface area contributed by atoms with Gasteiger partial charge in [0.15, 0.2) is 11.6 Å². The minimum Gasteiger partial charge on any atom is -0.481 e. The maximum Gasteiger partial charge on any atom is 0.308 e. The summed E-state index contributed by atoms with van der Waals surface area (Å²) < 4.78 is 30.3. The molecule has 0 spiro atoms. The van der Waals surface area contributed by atoms with E-state index in [0.717, 1.165) is 31.9 Å². The lowest BCUT2D eigenvalue weighted by Crippen LogP contribution is -2.44. The molecule has 4 heterocycles. The van der Waals surface area contributed by atoms with Crippen LogP contribution in [0.5, 0.6) is 0 Å². The maximum atomic E-state index is 14.8. The quantitative estimate of drug-likeness (QED) is 0.512. The molecule has 3 aliphatic rings. The van der Waals surface area contributed by atoms with Gasteiger partial charge in [0.25, 0.3) is 0 Å². The number of aromatic amines is 1. The molecule has 4 aromatic heterocycles. The van der Waals surface area contributed by atoms with E-state index in [2.05, 4.69) is 19.9 Å². The standard InChI is InChI=1S/C22H19F2N5O2/c23-12-5-13-14(7-26-19(13)25-6-12)20-27-8-15-16(24)9-29(21(15)28-20)18-11-3-1-10(2-4-11)17(18)22(30)31/h5-11,17-18H,1-4H2,(H,25,26)(H,30,31)/t10?,11?,17-,18-/m1/s1. The first-order valence-corrected chi connectivity index (χ1v) is 10.4. The van der Waals surface area contributed by atoms with E-state index in [9.17, 15) is 18.7 Å². The first kappa shape index (κ1) is 18.4. The summed E-state index contributed by atoms with van der Waals surface area (Å²) in [7, 11) is 0. The van der Waals surface area contributed by atoms with Crippen LogP contribution in [0.4, 0.5) is 8.78 Å². The van der Waals surface area contributed by atoms with E-state index in [1.807, 2.05) is 0 Å². The highest BCUT2D eigenvalue weighted by Gasteiger charge is 2.48. The van der Waals surface area contributed by atoms with E-state index >= 15 is 0 Å². The zero-order valence-electron chi connectivity index (χ0n) is 16.4. The Morgan fingerprint density at radius 2 is 1.87 bits per heavy atom. The number of carboxylic acids is 1. The number of hydrogen-bond donors (Lipinski definition) is 2. The molecule has 7 rings (SSSR count). The Kier molecular flexibility index (Phi) is 3.90. The highest BCUT2D eigenvalue weighted by Crippen LogP contribution is 2.52. The molecule has 158 valence electrons. The highest BCUT2D eigenvalue weighted by molar-refractivity contribution is 5.92. The molecule has 0 unspecified atom stereocenters. The van der Waals surface area contributed by atoms with Crippen molar-refractivity contribution in [2.75, 3.05) is 0 Å². The monoisotopic (exact) mass is 423 g/mol. The fourth-order valence-corrected chi connectivity index (χ4v) is 5.68. The van der Waals surface area contributed by atoms with Crippen LogP contribution in [0.1, 0.15) is 31.7 Å². The zero-order chi connectivity index (χ0) is 21.3. The zero-order valence-corrected chi connectivity index (χ0v) is 16.4. The second-order valence-corrected chi connectivity index (χ2v) is 8.60. The average molecular weight is 423 g/mol. The molecule has 3 fully saturated rings. The van der Waals surface area contributed by atoms with Crippen molar-refractivity contribution in [3.05, 3.63) is 42.5 Å². The Hall–Kier alpha value is -3.36. The van der Waals surface area contributed by atoms with Crippen molar-refractivity contribution in [3.63, 3.8) is 0 Å². The summed E-state index contributed by atoms with van der Waals surface area (Å²) in [6, 6.07) is 1.00. The van der Waals surface area contributed by atoms with E-state index < -0.39 is 23.5 Å². The van der Waals surface area contributed by atoms with Gasteiger partial charge in [0.1, 0.15) is 17.1 Å². The summed E-state index contributed by atoms with van der Waals surface area (Å²) in [4.78, 5) is 28.0. The van der Waals surface area contributed by atoms with Gasteiger partial charge in [-0.2, -0.15) is 0 Å². The normalized spacial score (nSPS) is 25.5. The number of nitrogens with one attached hydrogen (secondary N) is 1. The third kappa shape index (κ3) is 2.68. The number of rotatable bonds is 3. The van der Waals surface area contributed by atoms with Crippen molar-refractivity contribution in [1.82, 2.24) is 24.5 Å². The van der Waals surface area contributed by atoms with Crippen LogP contribution in [-0.2, 0) is 4.79 Å². The Labute approximate surface area is 175 Å². The van der Waals surface area contributed by atoms with Crippen LogP contribution >= 0.6 is 0 Å². The molecular formula is C22H19F2N5O2. The van der Waals surface area contributed by atoms with E-state index in [0.29, 0.717) is 28.1 Å². The summed E-state index contributed by atoms with van der Waals surface area (Å²) in [6.07, 6.45) is 9.20. The molecule has 0 saturated heterocycles. The number of halogens is 2. The fraction of sp³-hybridized carbons (Fsp3) is 0.364. The minimum absolute atomic E-state index is 0.0944. The third-order valence-electron chi connectivity index (χ3n) is 7.04. The van der Waals surface area contributed by atoms with Gasteiger partial charge in [0.05, 0.1) is 23.5 Å². The number of nitrogens with zero attached hydrogens (tertiary/aromatic N) is 4. The minimum atomic E-state index is -0.839. The third-order valence-corrected chi connectivity index (χ3v) is 7.04. The van der Waals surface area contributed by atoms with Crippen LogP contribution in [0.25, 0.3) is 33.5 Å². The molecule has 3 saturated carbocycles. The van der Waals surface area contributed by atoms with Crippen molar-refractivity contribution in [2.24, 2.45) is 17.8 Å². The number of carboxylic acid groups (broad SMARTS) is 1. The van der Waals surface area contributed by atoms with E-state index in [4.69, 9.17) is 0 Å². The number of fused-ring (bicyclic) bond motifs is 5. The van der Waals surface area contributed by atoms with Gasteiger partial charge in [0, 0.05) is 29.5 Å². The smallest absolute Gasteiger partial charge is 0.308 e. The second kappa shape index (κ2) is 6.57. The SMILES string of the molecule is O=C(O)[C@@H]1C2CCC(CC2)[C@H]1n1cc(F)c2cnc(-c3c[nH]c4ncc(F)cc34)nc21. The second-order valence-electron chi connectivity index (χ2n) is 8.60. The summed E-state index contributed by atoms with van der Waals surface area (Å²) in [6.45, 7) is 0. The molecule has 4 aromatic rings. The van der Waals surface area contributed by atoms with E-state index in [-0.39, 0.29) is 23.3 Å². The fourth-order valence-electron chi connectivity index (χ4n) is 5.68. The van der Waals surface area contributed by atoms with Gasteiger partial charge in [-0.25, -0.2) is 23.7 Å². The number of pyridine rings is 1. The number of hydrogen-bond acceptors (Lipinski definition) is 4. The Balaban J connectivity index is 1.53. The Morgan fingerprint density at radius 3 is 2.65 bits per heavy atom. The first-order chi connectivity index (χ1) is 15.0. The number of aromatic nitrogens is 5. The maximum absolute atomic E-state index is 14.8. The number of H-pyrrole nitrogens is 1. The van der Waals surface area contributed by atoms with Gasteiger partial charge >= 0.3 is 5.97 Å². The lowest BCUT2D eigenvalue weighted by molar-refractivity contribution is -0.151. The van der Waals surface area contributed by atoms with Crippen molar-refractivity contribution in [1.29, 1.82) is 0 Å². The van der Waals surface area contributed by atoms with Crippen LogP contribution in [0.3, 0.4) is 0 Å². The van der Waals surface area contributed by atoms with Gasteiger partial charge in [-0.15, -0.1) is 0 Å². The molecule has 3 aliphatic carbocycles. The molecular weight excluding hydrogens is 404 g/mol. The van der Waals surface area contributed by atoms with Crippen LogP contribution in [0, 0.1) is 29.4 Å². The van der Waals surface area contributed by atoms with Crippen LogP contribution in [0.15, 0.2) is 30.9 Å². The van der Waals surface area contributed by atoms with Gasteiger partial charge in [-0.1, -0.05) is 0 Å². The topological polar surface area (TPSA) is 96.7 Å². The molecule has 9 heteroatoms. The predicted octanol–water partition coefficient (Wildman–Crippen LogP) is 4.31. The molecule has 0 aliphatic heterocycles. The van der Waals surface area contributed by atoms with Crippen molar-refractivity contribution in [2.45, 2.75) is 31.7 Å². The van der Waals surface area contributed by atoms with Crippen LogP contribution in [0.2, 0.25) is 0 Å². The molecule has 31 heavy (non-hydrogen) atoms. The molecule has 7 nitrogen and oxygen atoms in total. The lowest BCUT2D eigenvalue weighted by atomic mass is 9.61.